The molecule has 0 amide bonds. The summed E-state index contributed by atoms with van der Waals surface area (Å²) in [5.41, 5.74) is 1.03. The average Bonchev–Trinajstić information content (AvgIpc) is 2.38. The van der Waals surface area contributed by atoms with Gasteiger partial charge in [-0.25, -0.2) is 4.98 Å². The van der Waals surface area contributed by atoms with Crippen molar-refractivity contribution in [1.29, 1.82) is 0 Å². The van der Waals surface area contributed by atoms with Gasteiger partial charge in [-0.1, -0.05) is 6.92 Å². The molecule has 0 bridgehead atoms. The van der Waals surface area contributed by atoms with E-state index in [2.05, 4.69) is 11.9 Å². The van der Waals surface area contributed by atoms with Crippen LogP contribution in [-0.2, 0) is 12.8 Å². The van der Waals surface area contributed by atoms with Crippen LogP contribution in [0.15, 0.2) is 5.38 Å². The number of rotatable bonds is 4. The molecule has 1 N–H and O–H groups in total. The molecule has 0 spiro atoms. The number of aromatic nitrogens is 1. The van der Waals surface area contributed by atoms with Crippen LogP contribution >= 0.6 is 11.3 Å². The molecule has 0 aliphatic carbocycles. The molecule has 11 heavy (non-hydrogen) atoms. The summed E-state index contributed by atoms with van der Waals surface area (Å²) in [6, 6.07) is 0. The van der Waals surface area contributed by atoms with Crippen molar-refractivity contribution >= 4 is 11.3 Å². The fraction of sp³-hybridized carbons (Fsp3) is 0.625. The predicted octanol–water partition coefficient (Wildman–Crippen LogP) is 1.63. The molecule has 1 heterocycles. The molecule has 0 aromatic carbocycles. The third kappa shape index (κ3) is 2.60. The summed E-state index contributed by atoms with van der Waals surface area (Å²) in [7, 11) is 0. The van der Waals surface area contributed by atoms with Gasteiger partial charge in [-0.3, -0.25) is 0 Å². The van der Waals surface area contributed by atoms with Crippen molar-refractivity contribution in [3.05, 3.63) is 16.1 Å². The van der Waals surface area contributed by atoms with Gasteiger partial charge in [0.05, 0.1) is 10.7 Å². The fourth-order valence-electron chi connectivity index (χ4n) is 0.907. The molecule has 0 fully saturated rings. The molecular formula is C8H13NOS. The second kappa shape index (κ2) is 4.46. The second-order valence-electron chi connectivity index (χ2n) is 2.46. The SMILES string of the molecule is CCCc1nc(CCO)cs1. The minimum absolute atomic E-state index is 0.204. The van der Waals surface area contributed by atoms with E-state index >= 15 is 0 Å². The molecule has 62 valence electrons. The Morgan fingerprint density at radius 3 is 3.00 bits per heavy atom. The first kappa shape index (κ1) is 8.68. The number of nitrogens with zero attached hydrogens (tertiary/aromatic N) is 1. The van der Waals surface area contributed by atoms with Crippen LogP contribution < -0.4 is 0 Å². The lowest BCUT2D eigenvalue weighted by Crippen LogP contribution is -1.91. The van der Waals surface area contributed by atoms with Gasteiger partial charge in [0.25, 0.3) is 0 Å². The van der Waals surface area contributed by atoms with E-state index in [0.717, 1.165) is 18.5 Å². The lowest BCUT2D eigenvalue weighted by Gasteiger charge is -1.89. The summed E-state index contributed by atoms with van der Waals surface area (Å²) in [5, 5.41) is 11.8. The Morgan fingerprint density at radius 2 is 2.36 bits per heavy atom. The number of hydrogen-bond donors (Lipinski definition) is 1. The molecule has 0 saturated heterocycles. The second-order valence-corrected chi connectivity index (χ2v) is 3.40. The van der Waals surface area contributed by atoms with Gasteiger partial charge >= 0.3 is 0 Å². The molecule has 2 nitrogen and oxygen atoms in total. The highest BCUT2D eigenvalue weighted by atomic mass is 32.1. The van der Waals surface area contributed by atoms with Gasteiger partial charge in [-0.15, -0.1) is 11.3 Å². The Morgan fingerprint density at radius 1 is 1.55 bits per heavy atom. The van der Waals surface area contributed by atoms with E-state index in [1.165, 1.54) is 5.01 Å². The van der Waals surface area contributed by atoms with Gasteiger partial charge in [-0.2, -0.15) is 0 Å². The van der Waals surface area contributed by atoms with Gasteiger partial charge in [0.1, 0.15) is 0 Å². The maximum atomic E-state index is 8.62. The first-order valence-electron chi connectivity index (χ1n) is 3.91. The van der Waals surface area contributed by atoms with Crippen molar-refractivity contribution in [2.24, 2.45) is 0 Å². The van der Waals surface area contributed by atoms with E-state index in [1.807, 2.05) is 5.38 Å². The van der Waals surface area contributed by atoms with E-state index in [9.17, 15) is 0 Å². The van der Waals surface area contributed by atoms with E-state index in [4.69, 9.17) is 5.11 Å². The number of thiazole rings is 1. The van der Waals surface area contributed by atoms with Crippen LogP contribution in [0.25, 0.3) is 0 Å². The maximum absolute atomic E-state index is 8.62. The molecule has 0 radical (unpaired) electrons. The molecule has 1 aromatic rings. The monoisotopic (exact) mass is 171 g/mol. The summed E-state index contributed by atoms with van der Waals surface area (Å²) in [6.45, 7) is 2.35. The topological polar surface area (TPSA) is 33.1 Å². The molecule has 1 rings (SSSR count). The lowest BCUT2D eigenvalue weighted by atomic mass is 10.3. The number of hydrogen-bond acceptors (Lipinski definition) is 3. The van der Waals surface area contributed by atoms with Crippen molar-refractivity contribution in [2.75, 3.05) is 6.61 Å². The molecule has 0 unspecified atom stereocenters. The molecule has 0 aliphatic heterocycles. The maximum Gasteiger partial charge on any atom is 0.0928 e. The van der Waals surface area contributed by atoms with Crippen LogP contribution in [0.5, 0.6) is 0 Å². The van der Waals surface area contributed by atoms with Gasteiger partial charge in [0, 0.05) is 18.4 Å². The lowest BCUT2D eigenvalue weighted by molar-refractivity contribution is 0.298. The smallest absolute Gasteiger partial charge is 0.0928 e. The Bertz CT molecular complexity index is 189. The Balaban J connectivity index is 2.51. The minimum atomic E-state index is 0.204. The number of aliphatic hydroxyl groups is 1. The molecule has 1 aromatic heterocycles. The highest BCUT2D eigenvalue weighted by Crippen LogP contribution is 2.11. The molecule has 3 heteroatoms. The van der Waals surface area contributed by atoms with Gasteiger partial charge in [0.2, 0.25) is 0 Å². The Kier molecular flexibility index (Phi) is 3.52. The van der Waals surface area contributed by atoms with E-state index in [0.29, 0.717) is 6.42 Å². The summed E-state index contributed by atoms with van der Waals surface area (Å²) >= 11 is 1.69. The largest absolute Gasteiger partial charge is 0.396 e. The number of aryl methyl sites for hydroxylation is 1. The average molecular weight is 171 g/mol. The first-order chi connectivity index (χ1) is 5.36. The normalized spacial score (nSPS) is 10.4. The zero-order valence-electron chi connectivity index (χ0n) is 6.71. The van der Waals surface area contributed by atoms with Gasteiger partial charge in [-0.05, 0) is 12.8 Å². The zero-order chi connectivity index (χ0) is 8.10. The first-order valence-corrected chi connectivity index (χ1v) is 4.79. The zero-order valence-corrected chi connectivity index (χ0v) is 7.52. The van der Waals surface area contributed by atoms with Crippen LogP contribution in [0, 0.1) is 0 Å². The molecule has 0 saturated carbocycles. The summed E-state index contributed by atoms with van der Waals surface area (Å²) < 4.78 is 0. The molecule has 0 atom stereocenters. The predicted molar refractivity (Wildman–Crippen MR) is 46.9 cm³/mol. The summed E-state index contributed by atoms with van der Waals surface area (Å²) in [4.78, 5) is 4.35. The summed E-state index contributed by atoms with van der Waals surface area (Å²) in [5.74, 6) is 0. The van der Waals surface area contributed by atoms with Crippen molar-refractivity contribution in [3.63, 3.8) is 0 Å². The van der Waals surface area contributed by atoms with Crippen molar-refractivity contribution in [3.8, 4) is 0 Å². The third-order valence-corrected chi connectivity index (χ3v) is 2.39. The Hall–Kier alpha value is -0.410. The summed E-state index contributed by atoms with van der Waals surface area (Å²) in [6.07, 6.45) is 2.91. The quantitative estimate of drug-likeness (QED) is 0.747. The van der Waals surface area contributed by atoms with Crippen molar-refractivity contribution in [2.45, 2.75) is 26.2 Å². The van der Waals surface area contributed by atoms with Crippen molar-refractivity contribution in [1.82, 2.24) is 4.98 Å². The van der Waals surface area contributed by atoms with Crippen LogP contribution in [0.1, 0.15) is 24.0 Å². The van der Waals surface area contributed by atoms with Gasteiger partial charge in [0.15, 0.2) is 0 Å². The standard InChI is InChI=1S/C8H13NOS/c1-2-3-8-9-7(4-5-10)6-11-8/h6,10H,2-5H2,1H3. The fourth-order valence-corrected chi connectivity index (χ4v) is 1.84. The van der Waals surface area contributed by atoms with Crippen LogP contribution in [0.3, 0.4) is 0 Å². The van der Waals surface area contributed by atoms with Crippen molar-refractivity contribution < 1.29 is 5.11 Å². The third-order valence-electron chi connectivity index (χ3n) is 1.43. The van der Waals surface area contributed by atoms with E-state index in [1.54, 1.807) is 11.3 Å². The minimum Gasteiger partial charge on any atom is -0.396 e. The van der Waals surface area contributed by atoms with Crippen LogP contribution in [0.2, 0.25) is 0 Å². The van der Waals surface area contributed by atoms with Crippen LogP contribution in [0.4, 0.5) is 0 Å². The number of aliphatic hydroxyl groups excluding tert-OH is 1. The van der Waals surface area contributed by atoms with E-state index in [-0.39, 0.29) is 6.61 Å². The highest BCUT2D eigenvalue weighted by molar-refractivity contribution is 7.09. The van der Waals surface area contributed by atoms with Gasteiger partial charge < -0.3 is 5.11 Å². The highest BCUT2D eigenvalue weighted by Gasteiger charge is 1.99. The Labute approximate surface area is 70.9 Å². The van der Waals surface area contributed by atoms with Crippen LogP contribution in [-0.4, -0.2) is 16.7 Å². The van der Waals surface area contributed by atoms with E-state index < -0.39 is 0 Å². The molecular weight excluding hydrogens is 158 g/mol. The molecule has 0 aliphatic rings.